The van der Waals surface area contributed by atoms with E-state index in [0.717, 1.165) is 16.2 Å². The predicted octanol–water partition coefficient (Wildman–Crippen LogP) is 2.10. The van der Waals surface area contributed by atoms with Crippen LogP contribution in [0.2, 0.25) is 0 Å². The van der Waals surface area contributed by atoms with Crippen LogP contribution < -0.4 is 4.74 Å². The van der Waals surface area contributed by atoms with Gasteiger partial charge in [-0.2, -0.15) is 4.98 Å². The highest BCUT2D eigenvalue weighted by Crippen LogP contribution is 2.31. The van der Waals surface area contributed by atoms with E-state index in [-0.39, 0.29) is 0 Å². The molecule has 0 radical (unpaired) electrons. The lowest BCUT2D eigenvalue weighted by Gasteiger charge is -2.04. The number of thiophene rings is 1. The van der Waals surface area contributed by atoms with Crippen molar-refractivity contribution in [2.45, 2.75) is 0 Å². The number of hydrogen-bond acceptors (Lipinski definition) is 5. The van der Waals surface area contributed by atoms with Crippen molar-refractivity contribution < 1.29 is 4.74 Å². The smallest absolute Gasteiger partial charge is 0.243 e. The Balaban J connectivity index is 2.30. The second-order valence-corrected chi connectivity index (χ2v) is 4.51. The monoisotopic (exact) mass is 246 g/mol. The molecule has 17 heavy (non-hydrogen) atoms. The first kappa shape index (κ1) is 10.2. The van der Waals surface area contributed by atoms with Crippen molar-refractivity contribution in [1.82, 2.24) is 19.5 Å². The largest absolute Gasteiger partial charge is 0.479 e. The third-order valence-electron chi connectivity index (χ3n) is 2.46. The predicted molar refractivity (Wildman–Crippen MR) is 66.2 cm³/mol. The van der Waals surface area contributed by atoms with E-state index < -0.39 is 0 Å². The summed E-state index contributed by atoms with van der Waals surface area (Å²) in [6, 6.07) is 3.97. The SMILES string of the molecule is COc1nc2c(ncn2C)nc1-c1cccs1. The molecule has 86 valence electrons. The molecule has 3 aromatic heterocycles. The molecule has 0 saturated carbocycles. The first-order valence-corrected chi connectivity index (χ1v) is 5.94. The summed E-state index contributed by atoms with van der Waals surface area (Å²) >= 11 is 1.60. The van der Waals surface area contributed by atoms with Crippen LogP contribution in [-0.2, 0) is 7.05 Å². The molecule has 0 aliphatic rings. The fourth-order valence-corrected chi connectivity index (χ4v) is 2.34. The number of aryl methyl sites for hydroxylation is 1. The van der Waals surface area contributed by atoms with Gasteiger partial charge in [-0.05, 0) is 11.4 Å². The van der Waals surface area contributed by atoms with E-state index in [2.05, 4.69) is 15.0 Å². The zero-order valence-corrected chi connectivity index (χ0v) is 10.2. The zero-order valence-electron chi connectivity index (χ0n) is 9.41. The number of fused-ring (bicyclic) bond motifs is 1. The molecule has 0 aromatic carbocycles. The van der Waals surface area contributed by atoms with Gasteiger partial charge in [0.05, 0.1) is 18.3 Å². The van der Waals surface area contributed by atoms with E-state index in [1.165, 1.54) is 0 Å². The highest BCUT2D eigenvalue weighted by Gasteiger charge is 2.14. The van der Waals surface area contributed by atoms with Crippen molar-refractivity contribution >= 4 is 22.6 Å². The Hall–Kier alpha value is -1.95. The van der Waals surface area contributed by atoms with Crippen molar-refractivity contribution in [3.05, 3.63) is 23.8 Å². The maximum absolute atomic E-state index is 5.29. The zero-order chi connectivity index (χ0) is 11.8. The second-order valence-electron chi connectivity index (χ2n) is 3.56. The van der Waals surface area contributed by atoms with Crippen LogP contribution in [0.3, 0.4) is 0 Å². The van der Waals surface area contributed by atoms with Gasteiger partial charge in [0.25, 0.3) is 0 Å². The van der Waals surface area contributed by atoms with E-state index in [9.17, 15) is 0 Å². The molecular formula is C11H10N4OS. The second kappa shape index (κ2) is 3.81. The molecule has 0 N–H and O–H groups in total. The van der Waals surface area contributed by atoms with Crippen molar-refractivity contribution in [1.29, 1.82) is 0 Å². The van der Waals surface area contributed by atoms with E-state index >= 15 is 0 Å². The highest BCUT2D eigenvalue weighted by molar-refractivity contribution is 7.13. The summed E-state index contributed by atoms with van der Waals surface area (Å²) < 4.78 is 7.12. The fraction of sp³-hybridized carbons (Fsp3) is 0.182. The van der Waals surface area contributed by atoms with Crippen LogP contribution in [0.4, 0.5) is 0 Å². The molecule has 3 aromatic rings. The molecule has 3 heterocycles. The number of imidazole rings is 1. The van der Waals surface area contributed by atoms with Gasteiger partial charge in [0, 0.05) is 7.05 Å². The Morgan fingerprint density at radius 3 is 2.94 bits per heavy atom. The average molecular weight is 246 g/mol. The van der Waals surface area contributed by atoms with Crippen LogP contribution in [-0.4, -0.2) is 26.6 Å². The Bertz CT molecular complexity index is 659. The van der Waals surface area contributed by atoms with Gasteiger partial charge >= 0.3 is 0 Å². The topological polar surface area (TPSA) is 52.8 Å². The lowest BCUT2D eigenvalue weighted by molar-refractivity contribution is 0.399. The molecule has 0 aliphatic heterocycles. The summed E-state index contributed by atoms with van der Waals surface area (Å²) in [4.78, 5) is 14.2. The Morgan fingerprint density at radius 2 is 2.24 bits per heavy atom. The molecule has 5 nitrogen and oxygen atoms in total. The van der Waals surface area contributed by atoms with Gasteiger partial charge in [0.2, 0.25) is 5.88 Å². The summed E-state index contributed by atoms with van der Waals surface area (Å²) in [6.07, 6.45) is 1.70. The Morgan fingerprint density at radius 1 is 1.35 bits per heavy atom. The van der Waals surface area contributed by atoms with Gasteiger partial charge in [-0.15, -0.1) is 11.3 Å². The Labute approximate surface area is 102 Å². The average Bonchev–Trinajstić information content (AvgIpc) is 2.98. The maximum atomic E-state index is 5.29. The number of aromatic nitrogens is 4. The van der Waals surface area contributed by atoms with Gasteiger partial charge < -0.3 is 9.30 Å². The van der Waals surface area contributed by atoms with E-state index in [4.69, 9.17) is 4.74 Å². The lowest BCUT2D eigenvalue weighted by atomic mass is 10.3. The first-order chi connectivity index (χ1) is 8.29. The number of rotatable bonds is 2. The molecule has 3 rings (SSSR count). The minimum atomic E-state index is 0.531. The van der Waals surface area contributed by atoms with Gasteiger partial charge in [-0.1, -0.05) is 6.07 Å². The molecule has 0 amide bonds. The van der Waals surface area contributed by atoms with E-state index in [1.807, 2.05) is 29.1 Å². The van der Waals surface area contributed by atoms with Gasteiger partial charge in [-0.3, -0.25) is 0 Å². The van der Waals surface area contributed by atoms with E-state index in [1.54, 1.807) is 24.8 Å². The normalized spacial score (nSPS) is 10.9. The van der Waals surface area contributed by atoms with Crippen LogP contribution in [0.1, 0.15) is 0 Å². The van der Waals surface area contributed by atoms with Gasteiger partial charge in [0.15, 0.2) is 11.3 Å². The molecule has 0 spiro atoms. The highest BCUT2D eigenvalue weighted by atomic mass is 32.1. The number of nitrogens with zero attached hydrogens (tertiary/aromatic N) is 4. The van der Waals surface area contributed by atoms with Crippen LogP contribution >= 0.6 is 11.3 Å². The molecule has 0 saturated heterocycles. The number of methoxy groups -OCH3 is 1. The summed E-state index contributed by atoms with van der Waals surface area (Å²) in [6.45, 7) is 0. The summed E-state index contributed by atoms with van der Waals surface area (Å²) in [5, 5.41) is 2.00. The van der Waals surface area contributed by atoms with Gasteiger partial charge in [0.1, 0.15) is 5.69 Å². The first-order valence-electron chi connectivity index (χ1n) is 5.06. The summed E-state index contributed by atoms with van der Waals surface area (Å²) in [5.41, 5.74) is 2.10. The fourth-order valence-electron chi connectivity index (χ4n) is 1.64. The number of hydrogen-bond donors (Lipinski definition) is 0. The van der Waals surface area contributed by atoms with Crippen molar-refractivity contribution in [3.8, 4) is 16.5 Å². The molecule has 0 aliphatic carbocycles. The van der Waals surface area contributed by atoms with Crippen molar-refractivity contribution in [2.24, 2.45) is 7.05 Å². The van der Waals surface area contributed by atoms with Crippen molar-refractivity contribution in [3.63, 3.8) is 0 Å². The molecule has 0 fully saturated rings. The molecular weight excluding hydrogens is 236 g/mol. The molecule has 0 unspecified atom stereocenters. The Kier molecular flexibility index (Phi) is 2.29. The molecule has 0 atom stereocenters. The van der Waals surface area contributed by atoms with Gasteiger partial charge in [-0.25, -0.2) is 9.97 Å². The van der Waals surface area contributed by atoms with Crippen LogP contribution in [0.15, 0.2) is 23.8 Å². The van der Waals surface area contributed by atoms with Crippen molar-refractivity contribution in [2.75, 3.05) is 7.11 Å². The maximum Gasteiger partial charge on any atom is 0.243 e. The minimum Gasteiger partial charge on any atom is -0.479 e. The van der Waals surface area contributed by atoms with E-state index in [0.29, 0.717) is 11.5 Å². The minimum absolute atomic E-state index is 0.531. The summed E-state index contributed by atoms with van der Waals surface area (Å²) in [7, 11) is 3.48. The molecule has 6 heteroatoms. The number of ether oxygens (including phenoxy) is 1. The van der Waals surface area contributed by atoms with Crippen LogP contribution in [0.25, 0.3) is 21.9 Å². The molecule has 0 bridgehead atoms. The van der Waals surface area contributed by atoms with Crippen LogP contribution in [0.5, 0.6) is 5.88 Å². The quantitative estimate of drug-likeness (QED) is 0.695. The standard InChI is InChI=1S/C11H10N4OS/c1-15-6-12-9-10(15)14-11(16-2)8(13-9)7-4-3-5-17-7/h3-6H,1-2H3. The van der Waals surface area contributed by atoms with Crippen LogP contribution in [0, 0.1) is 0 Å². The third-order valence-corrected chi connectivity index (χ3v) is 3.34. The summed E-state index contributed by atoms with van der Waals surface area (Å²) in [5.74, 6) is 0.531. The third kappa shape index (κ3) is 1.57. The lowest BCUT2D eigenvalue weighted by Crippen LogP contribution is -1.97.